The van der Waals surface area contributed by atoms with Crippen molar-refractivity contribution in [1.29, 1.82) is 0 Å². The van der Waals surface area contributed by atoms with Crippen molar-refractivity contribution in [2.45, 2.75) is 13.1 Å². The molecule has 2 aromatic rings. The molecule has 0 saturated heterocycles. The summed E-state index contributed by atoms with van der Waals surface area (Å²) in [6.45, 7) is 1.54. The van der Waals surface area contributed by atoms with Gasteiger partial charge in [0.1, 0.15) is 6.33 Å². The Bertz CT molecular complexity index is 360. The summed E-state index contributed by atoms with van der Waals surface area (Å²) in [5.74, 6) is 0. The van der Waals surface area contributed by atoms with Gasteiger partial charge in [0.05, 0.1) is 16.9 Å². The molecule has 0 aliphatic heterocycles. The van der Waals surface area contributed by atoms with Gasteiger partial charge in [0.2, 0.25) is 0 Å². The first-order valence-electron chi connectivity index (χ1n) is 4.28. The Labute approximate surface area is 86.1 Å². The summed E-state index contributed by atoms with van der Waals surface area (Å²) in [5.41, 5.74) is 3.90. The molecule has 2 rings (SSSR count). The molecular weight excluding hydrogens is 196 g/mol. The van der Waals surface area contributed by atoms with E-state index in [-0.39, 0.29) is 0 Å². The van der Waals surface area contributed by atoms with E-state index in [9.17, 15) is 0 Å². The van der Waals surface area contributed by atoms with Crippen LogP contribution in [0.25, 0.3) is 0 Å². The van der Waals surface area contributed by atoms with Crippen LogP contribution in [0, 0.1) is 0 Å². The monoisotopic (exact) mass is 206 g/mol. The van der Waals surface area contributed by atoms with E-state index in [0.717, 1.165) is 24.5 Å². The van der Waals surface area contributed by atoms with Gasteiger partial charge in [-0.05, 0) is 6.07 Å². The molecule has 2 heterocycles. The Kier molecular flexibility index (Phi) is 3.15. The fourth-order valence-electron chi connectivity index (χ4n) is 1.07. The van der Waals surface area contributed by atoms with Gasteiger partial charge in [-0.2, -0.15) is 0 Å². The molecule has 2 aromatic heterocycles. The molecule has 0 fully saturated rings. The van der Waals surface area contributed by atoms with Crippen molar-refractivity contribution in [2.24, 2.45) is 0 Å². The number of hydrogen-bond donors (Lipinski definition) is 1. The molecule has 0 amide bonds. The lowest BCUT2D eigenvalue weighted by Crippen LogP contribution is -2.13. The molecular formula is C9H10N4S. The van der Waals surface area contributed by atoms with Gasteiger partial charge in [0, 0.05) is 24.7 Å². The topological polar surface area (TPSA) is 50.7 Å². The maximum absolute atomic E-state index is 4.17. The summed E-state index contributed by atoms with van der Waals surface area (Å²) in [5, 5.41) is 5.29. The summed E-state index contributed by atoms with van der Waals surface area (Å²) < 4.78 is 0. The van der Waals surface area contributed by atoms with Crippen LogP contribution in [0.2, 0.25) is 0 Å². The van der Waals surface area contributed by atoms with Gasteiger partial charge in [-0.1, -0.05) is 0 Å². The van der Waals surface area contributed by atoms with Gasteiger partial charge in [-0.3, -0.25) is 0 Å². The quantitative estimate of drug-likeness (QED) is 0.817. The molecule has 0 aromatic carbocycles. The summed E-state index contributed by atoms with van der Waals surface area (Å²) in [4.78, 5) is 12.1. The van der Waals surface area contributed by atoms with Gasteiger partial charge in [-0.15, -0.1) is 11.3 Å². The van der Waals surface area contributed by atoms with Gasteiger partial charge >= 0.3 is 0 Å². The van der Waals surface area contributed by atoms with Crippen LogP contribution in [0.3, 0.4) is 0 Å². The highest BCUT2D eigenvalue weighted by atomic mass is 32.1. The predicted octanol–water partition coefficient (Wildman–Crippen LogP) is 1.22. The molecule has 0 radical (unpaired) electrons. The highest BCUT2D eigenvalue weighted by Crippen LogP contribution is 2.00. The van der Waals surface area contributed by atoms with E-state index in [0.29, 0.717) is 0 Å². The van der Waals surface area contributed by atoms with Crippen LogP contribution < -0.4 is 5.32 Å². The average molecular weight is 206 g/mol. The third-order valence-corrected chi connectivity index (χ3v) is 2.37. The fraction of sp³-hybridized carbons (Fsp3) is 0.222. The molecule has 0 bridgehead atoms. The Morgan fingerprint density at radius 2 is 2.14 bits per heavy atom. The van der Waals surface area contributed by atoms with E-state index < -0.39 is 0 Å². The molecule has 72 valence electrons. The molecule has 5 heteroatoms. The first kappa shape index (κ1) is 9.23. The highest BCUT2D eigenvalue weighted by Gasteiger charge is 1.95. The van der Waals surface area contributed by atoms with Gasteiger partial charge in [-0.25, -0.2) is 15.0 Å². The smallest absolute Gasteiger partial charge is 0.115 e. The number of nitrogens with zero attached hydrogens (tertiary/aromatic N) is 3. The van der Waals surface area contributed by atoms with Crippen molar-refractivity contribution in [3.05, 3.63) is 40.9 Å². The van der Waals surface area contributed by atoms with E-state index in [4.69, 9.17) is 0 Å². The third-order valence-electron chi connectivity index (χ3n) is 1.74. The molecule has 14 heavy (non-hydrogen) atoms. The molecule has 0 aliphatic carbocycles. The second kappa shape index (κ2) is 4.78. The first-order valence-corrected chi connectivity index (χ1v) is 5.22. The minimum absolute atomic E-state index is 0.750. The van der Waals surface area contributed by atoms with Crippen LogP contribution in [0.4, 0.5) is 0 Å². The average Bonchev–Trinajstić information content (AvgIpc) is 2.72. The number of aromatic nitrogens is 3. The zero-order valence-electron chi connectivity index (χ0n) is 7.55. The van der Waals surface area contributed by atoms with Crippen LogP contribution in [0.1, 0.15) is 11.4 Å². The van der Waals surface area contributed by atoms with Crippen molar-refractivity contribution in [3.8, 4) is 0 Å². The summed E-state index contributed by atoms with van der Waals surface area (Å²) in [7, 11) is 0. The molecule has 4 nitrogen and oxygen atoms in total. The Balaban J connectivity index is 1.79. The fourth-order valence-corrected chi connectivity index (χ4v) is 1.62. The molecule has 0 atom stereocenters. The molecule has 0 spiro atoms. The van der Waals surface area contributed by atoms with Gasteiger partial charge < -0.3 is 5.32 Å². The number of hydrogen-bond acceptors (Lipinski definition) is 5. The molecule has 0 unspecified atom stereocenters. The zero-order valence-corrected chi connectivity index (χ0v) is 8.37. The maximum Gasteiger partial charge on any atom is 0.115 e. The van der Waals surface area contributed by atoms with Crippen LogP contribution in [-0.4, -0.2) is 15.0 Å². The minimum Gasteiger partial charge on any atom is -0.305 e. The van der Waals surface area contributed by atoms with Crippen LogP contribution in [-0.2, 0) is 13.1 Å². The maximum atomic E-state index is 4.17. The molecule has 0 saturated carbocycles. The summed E-state index contributed by atoms with van der Waals surface area (Å²) >= 11 is 1.61. The van der Waals surface area contributed by atoms with Crippen LogP contribution in [0.15, 0.2) is 29.5 Å². The van der Waals surface area contributed by atoms with Crippen LogP contribution in [0.5, 0.6) is 0 Å². The van der Waals surface area contributed by atoms with E-state index in [1.807, 2.05) is 17.0 Å². The van der Waals surface area contributed by atoms with E-state index in [1.165, 1.54) is 0 Å². The molecule has 1 N–H and O–H groups in total. The molecule has 0 aliphatic rings. The van der Waals surface area contributed by atoms with Crippen molar-refractivity contribution < 1.29 is 0 Å². The number of rotatable bonds is 4. The standard InChI is InChI=1S/C9H10N4S/c1-2-10-6-12-8(1)3-11-4-9-5-14-7-13-9/h1-2,5-7,11H,3-4H2. The van der Waals surface area contributed by atoms with Crippen LogP contribution >= 0.6 is 11.3 Å². The van der Waals surface area contributed by atoms with Gasteiger partial charge in [0.15, 0.2) is 0 Å². The number of thiazole rings is 1. The normalized spacial score (nSPS) is 10.3. The number of nitrogens with one attached hydrogen (secondary N) is 1. The van der Waals surface area contributed by atoms with E-state index >= 15 is 0 Å². The minimum atomic E-state index is 0.750. The van der Waals surface area contributed by atoms with E-state index in [1.54, 1.807) is 23.9 Å². The SMILES string of the molecule is c1cc(CNCc2cscn2)ncn1. The first-order chi connectivity index (χ1) is 6.95. The van der Waals surface area contributed by atoms with Crippen molar-refractivity contribution in [2.75, 3.05) is 0 Å². The summed E-state index contributed by atoms with van der Waals surface area (Å²) in [6.07, 6.45) is 3.30. The second-order valence-electron chi connectivity index (χ2n) is 2.78. The highest BCUT2D eigenvalue weighted by molar-refractivity contribution is 7.07. The zero-order chi connectivity index (χ0) is 9.64. The van der Waals surface area contributed by atoms with Crippen molar-refractivity contribution in [1.82, 2.24) is 20.3 Å². The Morgan fingerprint density at radius 3 is 2.86 bits per heavy atom. The lowest BCUT2D eigenvalue weighted by atomic mass is 10.4. The largest absolute Gasteiger partial charge is 0.305 e. The van der Waals surface area contributed by atoms with Crippen molar-refractivity contribution in [3.63, 3.8) is 0 Å². The van der Waals surface area contributed by atoms with E-state index in [2.05, 4.69) is 20.3 Å². The Hall–Kier alpha value is -1.33. The predicted molar refractivity (Wildman–Crippen MR) is 54.7 cm³/mol. The lowest BCUT2D eigenvalue weighted by Gasteiger charge is -2.00. The Morgan fingerprint density at radius 1 is 1.21 bits per heavy atom. The van der Waals surface area contributed by atoms with Gasteiger partial charge in [0.25, 0.3) is 0 Å². The summed E-state index contributed by atoms with van der Waals surface area (Å²) in [6, 6.07) is 1.90. The second-order valence-corrected chi connectivity index (χ2v) is 3.50. The third kappa shape index (κ3) is 2.58. The van der Waals surface area contributed by atoms with Crippen molar-refractivity contribution >= 4 is 11.3 Å². The lowest BCUT2D eigenvalue weighted by molar-refractivity contribution is 0.668.